The Morgan fingerprint density at radius 3 is 2.56 bits per heavy atom. The average molecular weight is 222 g/mol. The largest absolute Gasteiger partial charge is 0.481 e. The fourth-order valence-electron chi connectivity index (χ4n) is 1.47. The highest BCUT2D eigenvalue weighted by atomic mass is 16.4. The number of aliphatic carboxylic acids is 1. The van der Waals surface area contributed by atoms with E-state index in [0.717, 1.165) is 5.69 Å². The summed E-state index contributed by atoms with van der Waals surface area (Å²) in [5.74, 6) is -1.20. The molecule has 0 radical (unpaired) electrons. The first kappa shape index (κ1) is 12.6. The molecule has 1 aromatic heterocycles. The monoisotopic (exact) mass is 222 g/mol. The molecule has 0 aromatic carbocycles. The maximum atomic E-state index is 10.8. The van der Waals surface area contributed by atoms with E-state index >= 15 is 0 Å². The summed E-state index contributed by atoms with van der Waals surface area (Å²) < 4.78 is 0. The first-order chi connectivity index (χ1) is 7.52. The van der Waals surface area contributed by atoms with Gasteiger partial charge in [0.15, 0.2) is 0 Å². The van der Waals surface area contributed by atoms with Gasteiger partial charge >= 0.3 is 5.97 Å². The van der Waals surface area contributed by atoms with Crippen molar-refractivity contribution in [2.45, 2.75) is 32.9 Å². The van der Waals surface area contributed by atoms with Gasteiger partial charge in [0, 0.05) is 18.3 Å². The summed E-state index contributed by atoms with van der Waals surface area (Å²) >= 11 is 0. The second-order valence-corrected chi connectivity index (χ2v) is 4.06. The van der Waals surface area contributed by atoms with Crippen LogP contribution in [-0.4, -0.2) is 22.1 Å². The molecule has 2 N–H and O–H groups in total. The zero-order valence-electron chi connectivity index (χ0n) is 9.84. The zero-order chi connectivity index (χ0) is 12.1. The summed E-state index contributed by atoms with van der Waals surface area (Å²) in [6.07, 6.45) is 1.73. The van der Waals surface area contributed by atoms with Crippen molar-refractivity contribution in [2.75, 3.05) is 0 Å². The van der Waals surface area contributed by atoms with Crippen molar-refractivity contribution in [3.63, 3.8) is 0 Å². The SMILES string of the molecule is CC(NC(C)C(C)C(=O)O)c1ccccn1. The van der Waals surface area contributed by atoms with E-state index in [-0.39, 0.29) is 12.1 Å². The Bertz CT molecular complexity index is 340. The fraction of sp³-hybridized carbons (Fsp3) is 0.500. The number of hydrogen-bond acceptors (Lipinski definition) is 3. The molecule has 1 rings (SSSR count). The van der Waals surface area contributed by atoms with Gasteiger partial charge in [-0.15, -0.1) is 0 Å². The Kier molecular flexibility index (Phi) is 4.43. The van der Waals surface area contributed by atoms with Crippen LogP contribution in [0.1, 0.15) is 32.5 Å². The molecule has 0 spiro atoms. The van der Waals surface area contributed by atoms with Gasteiger partial charge in [-0.3, -0.25) is 9.78 Å². The van der Waals surface area contributed by atoms with Crippen molar-refractivity contribution in [3.8, 4) is 0 Å². The quantitative estimate of drug-likeness (QED) is 0.798. The third-order valence-corrected chi connectivity index (χ3v) is 2.78. The van der Waals surface area contributed by atoms with Crippen LogP contribution in [0.3, 0.4) is 0 Å². The van der Waals surface area contributed by atoms with E-state index in [4.69, 9.17) is 5.11 Å². The van der Waals surface area contributed by atoms with Crippen molar-refractivity contribution in [1.82, 2.24) is 10.3 Å². The van der Waals surface area contributed by atoms with E-state index in [2.05, 4.69) is 10.3 Å². The maximum absolute atomic E-state index is 10.8. The first-order valence-corrected chi connectivity index (χ1v) is 5.42. The Morgan fingerprint density at radius 1 is 1.38 bits per heavy atom. The summed E-state index contributed by atoms with van der Waals surface area (Å²) in [5, 5.41) is 12.1. The number of hydrogen-bond donors (Lipinski definition) is 2. The van der Waals surface area contributed by atoms with E-state index in [0.29, 0.717) is 0 Å². The Hall–Kier alpha value is -1.42. The van der Waals surface area contributed by atoms with Gasteiger partial charge in [-0.25, -0.2) is 0 Å². The summed E-state index contributed by atoms with van der Waals surface area (Å²) in [7, 11) is 0. The molecule has 1 heterocycles. The summed E-state index contributed by atoms with van der Waals surface area (Å²) in [6, 6.07) is 5.67. The molecule has 0 aliphatic carbocycles. The fourth-order valence-corrected chi connectivity index (χ4v) is 1.47. The molecule has 0 saturated heterocycles. The number of nitrogens with zero attached hydrogens (tertiary/aromatic N) is 1. The van der Waals surface area contributed by atoms with Crippen molar-refractivity contribution < 1.29 is 9.90 Å². The normalized spacial score (nSPS) is 16.4. The first-order valence-electron chi connectivity index (χ1n) is 5.42. The van der Waals surface area contributed by atoms with E-state index < -0.39 is 11.9 Å². The number of carboxylic acids is 1. The van der Waals surface area contributed by atoms with Crippen LogP contribution in [-0.2, 0) is 4.79 Å². The molecule has 4 nitrogen and oxygen atoms in total. The molecule has 4 heteroatoms. The van der Waals surface area contributed by atoms with E-state index in [9.17, 15) is 4.79 Å². The standard InChI is InChI=1S/C12H18N2O2/c1-8(12(15)16)9(2)14-10(3)11-6-4-5-7-13-11/h4-10,14H,1-3H3,(H,15,16). The molecular formula is C12H18N2O2. The molecular weight excluding hydrogens is 204 g/mol. The second-order valence-electron chi connectivity index (χ2n) is 4.06. The number of carbonyl (C=O) groups is 1. The summed E-state index contributed by atoms with van der Waals surface area (Å²) in [4.78, 5) is 15.0. The Balaban J connectivity index is 2.58. The number of rotatable bonds is 5. The number of aromatic nitrogens is 1. The lowest BCUT2D eigenvalue weighted by Gasteiger charge is -2.22. The summed E-state index contributed by atoms with van der Waals surface area (Å²) in [5.41, 5.74) is 0.923. The topological polar surface area (TPSA) is 62.2 Å². The van der Waals surface area contributed by atoms with Gasteiger partial charge in [0.1, 0.15) is 0 Å². The maximum Gasteiger partial charge on any atom is 0.307 e. The molecule has 88 valence electrons. The minimum absolute atomic E-state index is 0.0537. The van der Waals surface area contributed by atoms with Crippen molar-refractivity contribution in [2.24, 2.45) is 5.92 Å². The van der Waals surface area contributed by atoms with Gasteiger partial charge in [0.25, 0.3) is 0 Å². The lowest BCUT2D eigenvalue weighted by Crippen LogP contribution is -2.37. The molecule has 0 aliphatic rings. The van der Waals surface area contributed by atoms with E-state index in [1.807, 2.05) is 32.0 Å². The molecule has 0 fully saturated rings. The highest BCUT2D eigenvalue weighted by Gasteiger charge is 2.21. The van der Waals surface area contributed by atoms with Crippen LogP contribution in [0.25, 0.3) is 0 Å². The van der Waals surface area contributed by atoms with Crippen molar-refractivity contribution in [1.29, 1.82) is 0 Å². The van der Waals surface area contributed by atoms with Crippen LogP contribution in [0.2, 0.25) is 0 Å². The number of carboxylic acid groups (broad SMARTS) is 1. The van der Waals surface area contributed by atoms with Crippen LogP contribution >= 0.6 is 0 Å². The highest BCUT2D eigenvalue weighted by Crippen LogP contribution is 2.12. The van der Waals surface area contributed by atoms with Crippen LogP contribution in [0.5, 0.6) is 0 Å². The van der Waals surface area contributed by atoms with Crippen LogP contribution in [0.15, 0.2) is 24.4 Å². The highest BCUT2D eigenvalue weighted by molar-refractivity contribution is 5.70. The van der Waals surface area contributed by atoms with Gasteiger partial charge < -0.3 is 10.4 Å². The molecule has 0 bridgehead atoms. The molecule has 3 atom stereocenters. The minimum Gasteiger partial charge on any atom is -0.481 e. The van der Waals surface area contributed by atoms with Crippen LogP contribution in [0.4, 0.5) is 0 Å². The van der Waals surface area contributed by atoms with E-state index in [1.165, 1.54) is 0 Å². The second kappa shape index (κ2) is 5.61. The average Bonchev–Trinajstić information content (AvgIpc) is 2.28. The lowest BCUT2D eigenvalue weighted by atomic mass is 10.0. The predicted octanol–water partition coefficient (Wildman–Crippen LogP) is 1.84. The smallest absolute Gasteiger partial charge is 0.307 e. The Morgan fingerprint density at radius 2 is 2.06 bits per heavy atom. The number of nitrogens with one attached hydrogen (secondary N) is 1. The Labute approximate surface area is 95.7 Å². The van der Waals surface area contributed by atoms with E-state index in [1.54, 1.807) is 13.1 Å². The molecule has 3 unspecified atom stereocenters. The minimum atomic E-state index is -0.784. The van der Waals surface area contributed by atoms with Crippen molar-refractivity contribution >= 4 is 5.97 Å². The van der Waals surface area contributed by atoms with Crippen LogP contribution in [0, 0.1) is 5.92 Å². The van der Waals surface area contributed by atoms with Gasteiger partial charge in [-0.05, 0) is 26.0 Å². The van der Waals surface area contributed by atoms with Crippen LogP contribution < -0.4 is 5.32 Å². The number of pyridine rings is 1. The summed E-state index contributed by atoms with van der Waals surface area (Å²) in [6.45, 7) is 5.55. The van der Waals surface area contributed by atoms with Gasteiger partial charge in [0.2, 0.25) is 0 Å². The third-order valence-electron chi connectivity index (χ3n) is 2.78. The predicted molar refractivity (Wildman–Crippen MR) is 62.0 cm³/mol. The van der Waals surface area contributed by atoms with Crippen molar-refractivity contribution in [3.05, 3.63) is 30.1 Å². The zero-order valence-corrected chi connectivity index (χ0v) is 9.84. The molecule has 0 aliphatic heterocycles. The van der Waals surface area contributed by atoms with Gasteiger partial charge in [0.05, 0.1) is 11.6 Å². The third kappa shape index (κ3) is 3.31. The lowest BCUT2D eigenvalue weighted by molar-refractivity contribution is -0.142. The van der Waals surface area contributed by atoms with Gasteiger partial charge in [-0.1, -0.05) is 13.0 Å². The molecule has 0 amide bonds. The molecule has 1 aromatic rings. The molecule has 0 saturated carbocycles. The molecule has 16 heavy (non-hydrogen) atoms. The van der Waals surface area contributed by atoms with Gasteiger partial charge in [-0.2, -0.15) is 0 Å².